The highest BCUT2D eigenvalue weighted by Crippen LogP contribution is 2.46. The molecule has 1 aromatic heterocycles. The van der Waals surface area contributed by atoms with Crippen LogP contribution >= 0.6 is 0 Å². The van der Waals surface area contributed by atoms with Crippen LogP contribution < -0.4 is 0 Å². The molecule has 47 heavy (non-hydrogen) atoms. The van der Waals surface area contributed by atoms with Gasteiger partial charge in [-0.15, -0.1) is 0 Å². The molecule has 0 atom stereocenters. The zero-order valence-corrected chi connectivity index (χ0v) is 25.7. The van der Waals surface area contributed by atoms with Crippen molar-refractivity contribution in [1.29, 1.82) is 0 Å². The SMILES string of the molecule is c1ccc(-c2ccc3c(-c4cccc5ccccc45)c4ccccc4c(-c4ccc(-c5ccc(-c6ccccc6)o5)cc4)c3c2)cc1. The summed E-state index contributed by atoms with van der Waals surface area (Å²) in [5.74, 6) is 1.74. The van der Waals surface area contributed by atoms with Crippen molar-refractivity contribution in [3.05, 3.63) is 182 Å². The van der Waals surface area contributed by atoms with Crippen LogP contribution in [-0.2, 0) is 0 Å². The minimum absolute atomic E-state index is 0.864. The van der Waals surface area contributed by atoms with E-state index < -0.39 is 0 Å². The first-order valence-electron chi connectivity index (χ1n) is 16.1. The summed E-state index contributed by atoms with van der Waals surface area (Å²) in [5, 5.41) is 7.49. The maximum absolute atomic E-state index is 6.31. The lowest BCUT2D eigenvalue weighted by Crippen LogP contribution is -1.92. The van der Waals surface area contributed by atoms with Crippen LogP contribution in [0, 0.1) is 0 Å². The van der Waals surface area contributed by atoms with Crippen LogP contribution in [-0.4, -0.2) is 0 Å². The monoisotopic (exact) mass is 598 g/mol. The molecule has 0 saturated carbocycles. The van der Waals surface area contributed by atoms with E-state index in [1.54, 1.807) is 0 Å². The van der Waals surface area contributed by atoms with Crippen molar-refractivity contribution in [1.82, 2.24) is 0 Å². The molecular weight excluding hydrogens is 569 g/mol. The highest BCUT2D eigenvalue weighted by Gasteiger charge is 2.19. The van der Waals surface area contributed by atoms with Crippen molar-refractivity contribution >= 4 is 32.3 Å². The van der Waals surface area contributed by atoms with Gasteiger partial charge in [-0.25, -0.2) is 0 Å². The molecule has 220 valence electrons. The summed E-state index contributed by atoms with van der Waals surface area (Å²) < 4.78 is 6.31. The molecule has 0 spiro atoms. The van der Waals surface area contributed by atoms with Crippen LogP contribution in [0.25, 0.3) is 88.3 Å². The van der Waals surface area contributed by atoms with Gasteiger partial charge in [0, 0.05) is 11.1 Å². The van der Waals surface area contributed by atoms with E-state index in [1.807, 2.05) is 18.2 Å². The standard InChI is InChI=1S/C46H30O/c1-3-12-31(13-4-1)36-26-27-41-42(30-36)45(35-24-22-34(23-25-35)44-29-28-43(47-44)33-15-5-2-6-16-33)39-19-9-10-20-40(39)46(41)38-21-11-17-32-14-7-8-18-37(32)38/h1-30H. The molecule has 0 saturated heterocycles. The highest BCUT2D eigenvalue weighted by molar-refractivity contribution is 6.24. The van der Waals surface area contributed by atoms with E-state index in [1.165, 1.54) is 65.7 Å². The second-order valence-corrected chi connectivity index (χ2v) is 12.1. The van der Waals surface area contributed by atoms with E-state index in [0.717, 1.165) is 22.6 Å². The van der Waals surface area contributed by atoms with Crippen molar-refractivity contribution in [2.24, 2.45) is 0 Å². The molecule has 0 N–H and O–H groups in total. The molecular formula is C46H30O. The third kappa shape index (κ3) is 4.72. The molecule has 1 heterocycles. The molecule has 9 aromatic rings. The Morgan fingerprint density at radius 1 is 0.277 bits per heavy atom. The predicted octanol–water partition coefficient (Wildman–Crippen LogP) is 13.1. The molecule has 1 heteroatoms. The third-order valence-corrected chi connectivity index (χ3v) is 9.31. The predicted molar refractivity (Wildman–Crippen MR) is 198 cm³/mol. The lowest BCUT2D eigenvalue weighted by Gasteiger charge is -2.20. The van der Waals surface area contributed by atoms with E-state index in [-0.39, 0.29) is 0 Å². The van der Waals surface area contributed by atoms with E-state index >= 15 is 0 Å². The van der Waals surface area contributed by atoms with Gasteiger partial charge in [-0.2, -0.15) is 0 Å². The van der Waals surface area contributed by atoms with Crippen molar-refractivity contribution < 1.29 is 4.42 Å². The maximum atomic E-state index is 6.31. The largest absolute Gasteiger partial charge is 0.456 e. The van der Waals surface area contributed by atoms with E-state index in [0.29, 0.717) is 0 Å². The summed E-state index contributed by atoms with van der Waals surface area (Å²) >= 11 is 0. The first-order chi connectivity index (χ1) is 23.3. The number of benzene rings is 8. The zero-order valence-electron chi connectivity index (χ0n) is 25.7. The minimum Gasteiger partial charge on any atom is -0.456 e. The number of hydrogen-bond donors (Lipinski definition) is 0. The van der Waals surface area contributed by atoms with E-state index in [4.69, 9.17) is 4.42 Å². The molecule has 0 fully saturated rings. The lowest BCUT2D eigenvalue weighted by molar-refractivity contribution is 0.597. The molecule has 0 bridgehead atoms. The van der Waals surface area contributed by atoms with Gasteiger partial charge in [0.2, 0.25) is 0 Å². The Morgan fingerprint density at radius 2 is 0.787 bits per heavy atom. The maximum Gasteiger partial charge on any atom is 0.134 e. The fourth-order valence-electron chi connectivity index (χ4n) is 7.08. The average Bonchev–Trinajstić information content (AvgIpc) is 3.65. The van der Waals surface area contributed by atoms with Crippen LogP contribution in [0.1, 0.15) is 0 Å². The van der Waals surface area contributed by atoms with Crippen LogP contribution in [0.15, 0.2) is 186 Å². The summed E-state index contributed by atoms with van der Waals surface area (Å²) in [5.41, 5.74) is 9.51. The van der Waals surface area contributed by atoms with Gasteiger partial charge in [-0.3, -0.25) is 0 Å². The normalized spacial score (nSPS) is 11.4. The molecule has 0 unspecified atom stereocenters. The van der Waals surface area contributed by atoms with Crippen LogP contribution in [0.3, 0.4) is 0 Å². The number of hydrogen-bond acceptors (Lipinski definition) is 1. The summed E-state index contributed by atoms with van der Waals surface area (Å²) in [4.78, 5) is 0. The Bertz CT molecular complexity index is 2530. The van der Waals surface area contributed by atoms with Crippen LogP contribution in [0.5, 0.6) is 0 Å². The first-order valence-corrected chi connectivity index (χ1v) is 16.1. The molecule has 0 aliphatic carbocycles. The van der Waals surface area contributed by atoms with Crippen molar-refractivity contribution in [2.45, 2.75) is 0 Å². The van der Waals surface area contributed by atoms with Gasteiger partial charge in [-0.05, 0) is 83.9 Å². The van der Waals surface area contributed by atoms with Crippen LogP contribution in [0.2, 0.25) is 0 Å². The first kappa shape index (κ1) is 27.2. The molecule has 0 aliphatic rings. The van der Waals surface area contributed by atoms with Gasteiger partial charge < -0.3 is 4.42 Å². The third-order valence-electron chi connectivity index (χ3n) is 9.31. The number of rotatable bonds is 5. The Labute approximate surface area is 274 Å². The van der Waals surface area contributed by atoms with Gasteiger partial charge in [0.1, 0.15) is 11.5 Å². The second-order valence-electron chi connectivity index (χ2n) is 12.1. The summed E-state index contributed by atoms with van der Waals surface area (Å²) in [6.07, 6.45) is 0. The van der Waals surface area contributed by atoms with Gasteiger partial charge in [-0.1, -0.05) is 164 Å². The molecule has 0 radical (unpaired) electrons. The zero-order chi connectivity index (χ0) is 31.2. The van der Waals surface area contributed by atoms with Crippen molar-refractivity contribution in [2.75, 3.05) is 0 Å². The molecule has 0 amide bonds. The van der Waals surface area contributed by atoms with Crippen molar-refractivity contribution in [3.8, 4) is 56.0 Å². The summed E-state index contributed by atoms with van der Waals surface area (Å²) in [6.45, 7) is 0. The Hall–Kier alpha value is -6.18. The van der Waals surface area contributed by atoms with Crippen molar-refractivity contribution in [3.63, 3.8) is 0 Å². The smallest absolute Gasteiger partial charge is 0.134 e. The average molecular weight is 599 g/mol. The second kappa shape index (κ2) is 11.3. The fraction of sp³-hybridized carbons (Fsp3) is 0. The Kier molecular flexibility index (Phi) is 6.54. The molecule has 0 aliphatic heterocycles. The number of furan rings is 1. The van der Waals surface area contributed by atoms with E-state index in [9.17, 15) is 0 Å². The molecule has 8 aromatic carbocycles. The van der Waals surface area contributed by atoms with Crippen LogP contribution in [0.4, 0.5) is 0 Å². The Balaban J connectivity index is 1.28. The Morgan fingerprint density at radius 3 is 1.51 bits per heavy atom. The fourth-order valence-corrected chi connectivity index (χ4v) is 7.08. The van der Waals surface area contributed by atoms with Gasteiger partial charge in [0.05, 0.1) is 0 Å². The molecule has 9 rings (SSSR count). The quantitative estimate of drug-likeness (QED) is 0.180. The summed E-state index contributed by atoms with van der Waals surface area (Å²) in [6, 6.07) is 65.1. The van der Waals surface area contributed by atoms with Gasteiger partial charge in [0.15, 0.2) is 0 Å². The minimum atomic E-state index is 0.864. The number of fused-ring (bicyclic) bond motifs is 3. The summed E-state index contributed by atoms with van der Waals surface area (Å²) in [7, 11) is 0. The lowest BCUT2D eigenvalue weighted by atomic mass is 9.83. The van der Waals surface area contributed by atoms with Gasteiger partial charge in [0.25, 0.3) is 0 Å². The van der Waals surface area contributed by atoms with Gasteiger partial charge >= 0.3 is 0 Å². The highest BCUT2D eigenvalue weighted by atomic mass is 16.3. The van der Waals surface area contributed by atoms with E-state index in [2.05, 4.69) is 164 Å². The topological polar surface area (TPSA) is 13.1 Å². The molecule has 1 nitrogen and oxygen atoms in total.